The number of methoxy groups -OCH3 is 1. The molecule has 6 heteroatoms. The third-order valence-electron chi connectivity index (χ3n) is 2.71. The van der Waals surface area contributed by atoms with Crippen molar-refractivity contribution in [2.24, 2.45) is 0 Å². The van der Waals surface area contributed by atoms with Gasteiger partial charge in [-0.3, -0.25) is 0 Å². The maximum atomic E-state index is 9.31. The Morgan fingerprint density at radius 2 is 2.28 bits per heavy atom. The van der Waals surface area contributed by atoms with Crippen LogP contribution in [0.15, 0.2) is 6.33 Å². The number of aromatic nitrogens is 2. The smallest absolute Gasteiger partial charge is 0.135 e. The zero-order chi connectivity index (χ0) is 13.4. The molecule has 0 aliphatic rings. The van der Waals surface area contributed by atoms with Gasteiger partial charge in [-0.1, -0.05) is 13.3 Å². The van der Waals surface area contributed by atoms with Gasteiger partial charge in [-0.05, 0) is 12.8 Å². The Morgan fingerprint density at radius 1 is 1.50 bits per heavy atom. The lowest BCUT2D eigenvalue weighted by Gasteiger charge is -2.19. The molecule has 0 spiro atoms. The fraction of sp³-hybridized carbons (Fsp3) is 0.667. The van der Waals surface area contributed by atoms with Crippen molar-refractivity contribution in [3.8, 4) is 0 Å². The molecule has 0 saturated carbocycles. The van der Waals surface area contributed by atoms with Crippen LogP contribution in [0.3, 0.4) is 0 Å². The summed E-state index contributed by atoms with van der Waals surface area (Å²) in [4.78, 5) is 8.19. The first-order valence-corrected chi connectivity index (χ1v) is 6.18. The summed E-state index contributed by atoms with van der Waals surface area (Å²) in [5.74, 6) is 1.21. The minimum Gasteiger partial charge on any atom is -0.394 e. The van der Waals surface area contributed by atoms with E-state index in [1.165, 1.54) is 6.33 Å². The first-order valence-electron chi connectivity index (χ1n) is 6.18. The highest BCUT2D eigenvalue weighted by molar-refractivity contribution is 5.55. The molecule has 1 atom stereocenters. The molecule has 6 nitrogen and oxygen atoms in total. The molecule has 1 aromatic heterocycles. The van der Waals surface area contributed by atoms with Gasteiger partial charge in [-0.15, -0.1) is 0 Å². The van der Waals surface area contributed by atoms with E-state index < -0.39 is 0 Å². The van der Waals surface area contributed by atoms with Crippen LogP contribution in [0.25, 0.3) is 0 Å². The minimum atomic E-state index is -0.0881. The third kappa shape index (κ3) is 4.12. The monoisotopic (exact) mass is 254 g/mol. The zero-order valence-electron chi connectivity index (χ0n) is 11.0. The average molecular weight is 254 g/mol. The van der Waals surface area contributed by atoms with E-state index in [1.807, 2.05) is 0 Å². The first kappa shape index (κ1) is 14.7. The van der Waals surface area contributed by atoms with E-state index in [9.17, 15) is 5.11 Å². The van der Waals surface area contributed by atoms with Crippen molar-refractivity contribution in [2.75, 3.05) is 31.4 Å². The Balaban J connectivity index is 2.78. The highest BCUT2D eigenvalue weighted by Crippen LogP contribution is 2.20. The average Bonchev–Trinajstić information content (AvgIpc) is 2.38. The second-order valence-electron chi connectivity index (χ2n) is 4.14. The molecule has 0 saturated heterocycles. The van der Waals surface area contributed by atoms with Crippen molar-refractivity contribution in [1.82, 2.24) is 9.97 Å². The summed E-state index contributed by atoms with van der Waals surface area (Å²) in [6, 6.07) is -0.0881. The van der Waals surface area contributed by atoms with E-state index >= 15 is 0 Å². The van der Waals surface area contributed by atoms with Crippen molar-refractivity contribution in [2.45, 2.75) is 32.2 Å². The molecule has 0 amide bonds. The number of hydrogen-bond acceptors (Lipinski definition) is 6. The summed E-state index contributed by atoms with van der Waals surface area (Å²) in [5.41, 5.74) is 6.76. The van der Waals surface area contributed by atoms with Crippen molar-refractivity contribution >= 4 is 11.6 Å². The molecule has 18 heavy (non-hydrogen) atoms. The Morgan fingerprint density at radius 3 is 2.89 bits per heavy atom. The maximum Gasteiger partial charge on any atom is 0.135 e. The molecule has 0 aliphatic carbocycles. The van der Waals surface area contributed by atoms with E-state index in [4.69, 9.17) is 10.5 Å². The van der Waals surface area contributed by atoms with Gasteiger partial charge in [0.1, 0.15) is 18.0 Å². The molecular weight excluding hydrogens is 232 g/mol. The number of aliphatic hydroxyl groups is 1. The molecule has 0 aliphatic heterocycles. The van der Waals surface area contributed by atoms with E-state index in [0.29, 0.717) is 24.7 Å². The number of nitrogen functional groups attached to an aromatic ring is 1. The van der Waals surface area contributed by atoms with Crippen LogP contribution in [0.4, 0.5) is 11.6 Å². The van der Waals surface area contributed by atoms with Gasteiger partial charge in [0.2, 0.25) is 0 Å². The number of nitrogens with zero attached hydrogens (tertiary/aromatic N) is 2. The molecule has 0 bridgehead atoms. The SMILES string of the molecule is CCCc1c(N)ncnc1NC(CO)CCOC. The molecule has 4 N–H and O–H groups in total. The molecule has 0 aromatic carbocycles. The fourth-order valence-corrected chi connectivity index (χ4v) is 1.71. The quantitative estimate of drug-likeness (QED) is 0.636. The van der Waals surface area contributed by atoms with Gasteiger partial charge in [0, 0.05) is 19.3 Å². The van der Waals surface area contributed by atoms with Crippen LogP contribution in [-0.2, 0) is 11.2 Å². The van der Waals surface area contributed by atoms with Crippen LogP contribution in [0, 0.1) is 0 Å². The van der Waals surface area contributed by atoms with Gasteiger partial charge in [0.15, 0.2) is 0 Å². The summed E-state index contributed by atoms with van der Waals surface area (Å²) in [6.07, 6.45) is 3.93. The molecule has 0 radical (unpaired) electrons. The second kappa shape index (κ2) is 7.84. The van der Waals surface area contributed by atoms with E-state index in [0.717, 1.165) is 18.4 Å². The Bertz CT molecular complexity index is 360. The minimum absolute atomic E-state index is 0.0266. The highest BCUT2D eigenvalue weighted by Gasteiger charge is 2.13. The van der Waals surface area contributed by atoms with E-state index in [1.54, 1.807) is 7.11 Å². The van der Waals surface area contributed by atoms with Crippen molar-refractivity contribution in [3.63, 3.8) is 0 Å². The molecule has 1 heterocycles. The summed E-state index contributed by atoms with van der Waals surface area (Å²) in [5, 5.41) is 12.5. The van der Waals surface area contributed by atoms with Crippen molar-refractivity contribution < 1.29 is 9.84 Å². The number of nitrogens with two attached hydrogens (primary N) is 1. The maximum absolute atomic E-state index is 9.31. The lowest BCUT2D eigenvalue weighted by atomic mass is 10.1. The topological polar surface area (TPSA) is 93.3 Å². The van der Waals surface area contributed by atoms with Gasteiger partial charge in [0.25, 0.3) is 0 Å². The number of anilines is 2. The fourth-order valence-electron chi connectivity index (χ4n) is 1.71. The van der Waals surface area contributed by atoms with Crippen molar-refractivity contribution in [1.29, 1.82) is 0 Å². The van der Waals surface area contributed by atoms with E-state index in [-0.39, 0.29) is 12.6 Å². The third-order valence-corrected chi connectivity index (χ3v) is 2.71. The number of nitrogens with one attached hydrogen (secondary N) is 1. The molecule has 1 aromatic rings. The molecule has 1 rings (SSSR count). The summed E-state index contributed by atoms with van der Waals surface area (Å²) < 4.78 is 5.00. The second-order valence-corrected chi connectivity index (χ2v) is 4.14. The Hall–Kier alpha value is -1.40. The van der Waals surface area contributed by atoms with Crippen LogP contribution in [-0.4, -0.2) is 41.4 Å². The lowest BCUT2D eigenvalue weighted by Crippen LogP contribution is -2.27. The van der Waals surface area contributed by atoms with Crippen LogP contribution < -0.4 is 11.1 Å². The number of aliphatic hydroxyl groups excluding tert-OH is 1. The van der Waals surface area contributed by atoms with Crippen LogP contribution >= 0.6 is 0 Å². The Kier molecular flexibility index (Phi) is 6.38. The normalized spacial score (nSPS) is 12.4. The zero-order valence-corrected chi connectivity index (χ0v) is 11.0. The van der Waals surface area contributed by atoms with Gasteiger partial charge < -0.3 is 20.9 Å². The van der Waals surface area contributed by atoms with Crippen LogP contribution in [0.1, 0.15) is 25.3 Å². The first-order chi connectivity index (χ1) is 8.72. The van der Waals surface area contributed by atoms with Gasteiger partial charge in [-0.2, -0.15) is 0 Å². The van der Waals surface area contributed by atoms with Crippen molar-refractivity contribution in [3.05, 3.63) is 11.9 Å². The standard InChI is InChI=1S/C12H22N4O2/c1-3-4-10-11(13)14-8-15-12(10)16-9(7-17)5-6-18-2/h8-9,17H,3-7H2,1-2H3,(H3,13,14,15,16). The van der Waals surface area contributed by atoms with Gasteiger partial charge in [0.05, 0.1) is 12.6 Å². The summed E-state index contributed by atoms with van der Waals surface area (Å²) >= 11 is 0. The van der Waals surface area contributed by atoms with Crippen LogP contribution in [0.2, 0.25) is 0 Å². The van der Waals surface area contributed by atoms with Gasteiger partial charge in [-0.25, -0.2) is 9.97 Å². The highest BCUT2D eigenvalue weighted by atomic mass is 16.5. The number of hydrogen-bond donors (Lipinski definition) is 3. The van der Waals surface area contributed by atoms with Gasteiger partial charge >= 0.3 is 0 Å². The largest absolute Gasteiger partial charge is 0.394 e. The molecular formula is C12H22N4O2. The molecule has 102 valence electrons. The van der Waals surface area contributed by atoms with Crippen LogP contribution in [0.5, 0.6) is 0 Å². The summed E-state index contributed by atoms with van der Waals surface area (Å²) in [6.45, 7) is 2.69. The molecule has 1 unspecified atom stereocenters. The lowest BCUT2D eigenvalue weighted by molar-refractivity contribution is 0.174. The summed E-state index contributed by atoms with van der Waals surface area (Å²) in [7, 11) is 1.64. The predicted molar refractivity (Wildman–Crippen MR) is 71.4 cm³/mol. The number of rotatable bonds is 8. The predicted octanol–water partition coefficient (Wildman–Crippen LogP) is 0.821. The van der Waals surface area contributed by atoms with E-state index in [2.05, 4.69) is 22.2 Å². The number of ether oxygens (including phenoxy) is 1. The molecule has 0 fully saturated rings. The Labute approximate surface area is 108 Å².